The van der Waals surface area contributed by atoms with Gasteiger partial charge in [-0.15, -0.1) is 11.8 Å². The Balaban J connectivity index is 1.68. The van der Waals surface area contributed by atoms with Gasteiger partial charge in [0.15, 0.2) is 0 Å². The molecule has 0 spiro atoms. The van der Waals surface area contributed by atoms with Crippen molar-refractivity contribution in [3.05, 3.63) is 76.8 Å². The molecule has 0 radical (unpaired) electrons. The van der Waals surface area contributed by atoms with Gasteiger partial charge in [-0.3, -0.25) is 9.59 Å². The zero-order chi connectivity index (χ0) is 24.0. The minimum atomic E-state index is -0.419. The molecule has 33 heavy (non-hydrogen) atoms. The molecule has 0 bridgehead atoms. The quantitative estimate of drug-likeness (QED) is 0.381. The molecule has 3 rings (SSSR count). The molecule has 1 unspecified atom stereocenters. The summed E-state index contributed by atoms with van der Waals surface area (Å²) in [5.41, 5.74) is 2.64. The summed E-state index contributed by atoms with van der Waals surface area (Å²) in [4.78, 5) is 26.3. The number of ether oxygens (including phenoxy) is 2. The number of aryl methyl sites for hydroxylation is 1. The molecule has 6 nitrogen and oxygen atoms in total. The molecular weight excluding hydrogens is 460 g/mol. The van der Waals surface area contributed by atoms with Gasteiger partial charge in [-0.1, -0.05) is 35.9 Å². The van der Waals surface area contributed by atoms with E-state index >= 15 is 0 Å². The molecule has 0 saturated carbocycles. The maximum Gasteiger partial charge on any atom is 0.255 e. The zero-order valence-electron chi connectivity index (χ0n) is 18.8. The number of carbonyl (C=O) groups excluding carboxylic acids is 2. The summed E-state index contributed by atoms with van der Waals surface area (Å²) in [5.74, 6) is 0.514. The molecule has 172 valence electrons. The summed E-state index contributed by atoms with van der Waals surface area (Å²) < 4.78 is 10.5. The van der Waals surface area contributed by atoms with Gasteiger partial charge in [0, 0.05) is 22.2 Å². The fraction of sp³-hybridized carbons (Fsp3) is 0.200. The first-order valence-electron chi connectivity index (χ1n) is 10.2. The smallest absolute Gasteiger partial charge is 0.255 e. The van der Waals surface area contributed by atoms with Gasteiger partial charge in [0.2, 0.25) is 5.91 Å². The Kier molecular flexibility index (Phi) is 8.25. The van der Waals surface area contributed by atoms with Crippen LogP contribution in [0.1, 0.15) is 22.8 Å². The van der Waals surface area contributed by atoms with Crippen molar-refractivity contribution in [2.24, 2.45) is 0 Å². The lowest BCUT2D eigenvalue weighted by molar-refractivity contribution is -0.115. The number of amides is 2. The average Bonchev–Trinajstić information content (AvgIpc) is 2.79. The van der Waals surface area contributed by atoms with E-state index in [9.17, 15) is 9.59 Å². The van der Waals surface area contributed by atoms with Crippen LogP contribution < -0.4 is 20.1 Å². The van der Waals surface area contributed by atoms with Crippen LogP contribution in [0.5, 0.6) is 11.5 Å². The van der Waals surface area contributed by atoms with Crippen molar-refractivity contribution < 1.29 is 19.1 Å². The lowest BCUT2D eigenvalue weighted by atomic mass is 10.1. The first-order chi connectivity index (χ1) is 15.8. The summed E-state index contributed by atoms with van der Waals surface area (Å²) >= 11 is 7.57. The molecule has 0 aliphatic carbocycles. The van der Waals surface area contributed by atoms with Crippen LogP contribution in [0.25, 0.3) is 0 Å². The number of carbonyl (C=O) groups is 2. The second kappa shape index (κ2) is 11.1. The normalized spacial score (nSPS) is 11.4. The average molecular weight is 485 g/mol. The lowest BCUT2D eigenvalue weighted by Crippen LogP contribution is -2.22. The molecule has 0 aliphatic rings. The largest absolute Gasteiger partial charge is 0.495 e. The van der Waals surface area contributed by atoms with Gasteiger partial charge in [0.05, 0.1) is 30.2 Å². The fourth-order valence-corrected chi connectivity index (χ4v) is 4.29. The zero-order valence-corrected chi connectivity index (χ0v) is 20.3. The third-order valence-corrected chi connectivity index (χ3v) is 6.28. The van der Waals surface area contributed by atoms with E-state index in [4.69, 9.17) is 21.1 Å². The number of benzene rings is 3. The van der Waals surface area contributed by atoms with Crippen molar-refractivity contribution in [2.45, 2.75) is 24.0 Å². The molecule has 0 fully saturated rings. The number of methoxy groups -OCH3 is 2. The molecule has 1 atom stereocenters. The van der Waals surface area contributed by atoms with E-state index in [-0.39, 0.29) is 11.8 Å². The van der Waals surface area contributed by atoms with Gasteiger partial charge in [-0.2, -0.15) is 0 Å². The van der Waals surface area contributed by atoms with Crippen molar-refractivity contribution in [3.8, 4) is 11.5 Å². The van der Waals surface area contributed by atoms with Gasteiger partial charge in [0.1, 0.15) is 11.5 Å². The van der Waals surface area contributed by atoms with Gasteiger partial charge in [-0.25, -0.2) is 0 Å². The van der Waals surface area contributed by atoms with Crippen LogP contribution in [0, 0.1) is 6.92 Å². The summed E-state index contributed by atoms with van der Waals surface area (Å²) in [6.07, 6.45) is 0. The summed E-state index contributed by atoms with van der Waals surface area (Å²) in [6.45, 7) is 3.70. The van der Waals surface area contributed by atoms with E-state index < -0.39 is 5.25 Å². The highest BCUT2D eigenvalue weighted by Gasteiger charge is 2.18. The van der Waals surface area contributed by atoms with E-state index in [1.807, 2.05) is 49.4 Å². The Morgan fingerprint density at radius 2 is 1.67 bits per heavy atom. The summed E-state index contributed by atoms with van der Waals surface area (Å²) in [6, 6.07) is 18.0. The molecule has 3 aromatic carbocycles. The van der Waals surface area contributed by atoms with Crippen molar-refractivity contribution in [1.82, 2.24) is 0 Å². The van der Waals surface area contributed by atoms with E-state index in [2.05, 4.69) is 10.6 Å². The molecular formula is C25H25ClN2O4S. The minimum Gasteiger partial charge on any atom is -0.495 e. The Bertz CT molecular complexity index is 1170. The Morgan fingerprint density at radius 3 is 2.36 bits per heavy atom. The number of hydrogen-bond donors (Lipinski definition) is 2. The summed E-state index contributed by atoms with van der Waals surface area (Å²) in [7, 11) is 3.02. The van der Waals surface area contributed by atoms with Gasteiger partial charge >= 0.3 is 0 Å². The first-order valence-corrected chi connectivity index (χ1v) is 11.4. The van der Waals surface area contributed by atoms with Crippen LogP contribution in [0.4, 0.5) is 11.4 Å². The first kappa shape index (κ1) is 24.5. The highest BCUT2D eigenvalue weighted by molar-refractivity contribution is 8.00. The number of hydrogen-bond acceptors (Lipinski definition) is 5. The van der Waals surface area contributed by atoms with E-state index in [0.717, 1.165) is 10.5 Å². The topological polar surface area (TPSA) is 76.7 Å². The van der Waals surface area contributed by atoms with Crippen LogP contribution in [0.15, 0.2) is 65.6 Å². The minimum absolute atomic E-state index is 0.176. The van der Waals surface area contributed by atoms with Crippen molar-refractivity contribution >= 4 is 46.6 Å². The lowest BCUT2D eigenvalue weighted by Gasteiger charge is -2.16. The SMILES string of the molecule is COc1cc(OC)c(NC(=O)C(C)Sc2cccc(NC(=O)c3ccccc3C)c2)cc1Cl. The highest BCUT2D eigenvalue weighted by Crippen LogP contribution is 2.36. The molecule has 0 heterocycles. The molecule has 2 amide bonds. The highest BCUT2D eigenvalue weighted by atomic mass is 35.5. The van der Waals surface area contributed by atoms with Gasteiger partial charge < -0.3 is 20.1 Å². The van der Waals surface area contributed by atoms with Crippen molar-refractivity contribution in [2.75, 3.05) is 24.9 Å². The fourth-order valence-electron chi connectivity index (χ4n) is 3.12. The van der Waals surface area contributed by atoms with E-state index in [1.165, 1.54) is 26.0 Å². The predicted octanol–water partition coefficient (Wildman–Crippen LogP) is 6.04. The van der Waals surface area contributed by atoms with Gasteiger partial charge in [-0.05, 0) is 49.7 Å². The Labute approximate surface area is 202 Å². The maximum absolute atomic E-state index is 12.8. The number of rotatable bonds is 8. The molecule has 0 saturated heterocycles. The maximum atomic E-state index is 12.8. The second-order valence-corrected chi connectivity index (χ2v) is 9.05. The number of nitrogens with one attached hydrogen (secondary N) is 2. The predicted molar refractivity (Wildman–Crippen MR) is 134 cm³/mol. The van der Waals surface area contributed by atoms with Crippen LogP contribution in [0.3, 0.4) is 0 Å². The van der Waals surface area contributed by atoms with Crippen LogP contribution in [0.2, 0.25) is 5.02 Å². The molecule has 8 heteroatoms. The third kappa shape index (κ3) is 6.21. The van der Waals surface area contributed by atoms with Crippen LogP contribution >= 0.6 is 23.4 Å². The van der Waals surface area contributed by atoms with Crippen molar-refractivity contribution in [1.29, 1.82) is 0 Å². The molecule has 0 aromatic heterocycles. The molecule has 0 aliphatic heterocycles. The van der Waals surface area contributed by atoms with Crippen molar-refractivity contribution in [3.63, 3.8) is 0 Å². The number of halogens is 1. The van der Waals surface area contributed by atoms with Crippen LogP contribution in [-0.4, -0.2) is 31.3 Å². The van der Waals surface area contributed by atoms with E-state index in [0.29, 0.717) is 33.5 Å². The Hall–Kier alpha value is -3.16. The van der Waals surface area contributed by atoms with Gasteiger partial charge in [0.25, 0.3) is 5.91 Å². The molecule has 3 aromatic rings. The third-order valence-electron chi connectivity index (χ3n) is 4.90. The number of anilines is 2. The standard InChI is InChI=1S/C25H25ClN2O4S/c1-15-8-5-6-11-19(15)25(30)27-17-9-7-10-18(12-17)33-16(2)24(29)28-21-13-20(26)22(31-3)14-23(21)32-4/h5-14,16H,1-4H3,(H,27,30)(H,28,29). The summed E-state index contributed by atoms with van der Waals surface area (Å²) in [5, 5.41) is 5.72. The van der Waals surface area contributed by atoms with E-state index in [1.54, 1.807) is 25.1 Å². The molecule has 2 N–H and O–H groups in total. The number of thioether (sulfide) groups is 1. The van der Waals surface area contributed by atoms with Crippen LogP contribution in [-0.2, 0) is 4.79 Å². The Morgan fingerprint density at radius 1 is 0.939 bits per heavy atom. The monoisotopic (exact) mass is 484 g/mol. The second-order valence-electron chi connectivity index (χ2n) is 7.23.